The molecule has 0 radical (unpaired) electrons. The molecule has 1 amide bonds. The van der Waals surface area contributed by atoms with Crippen LogP contribution in [0.25, 0.3) is 0 Å². The molecule has 1 aromatic rings. The molecular formula is C14H16N2O3. The van der Waals surface area contributed by atoms with Crippen molar-refractivity contribution in [3.63, 3.8) is 0 Å². The average Bonchev–Trinajstić information content (AvgIpc) is 3.01. The molecular weight excluding hydrogens is 244 g/mol. The summed E-state index contributed by atoms with van der Waals surface area (Å²) in [6, 6.07) is 3.84. The second kappa shape index (κ2) is 4.57. The van der Waals surface area contributed by atoms with E-state index in [9.17, 15) is 15.0 Å². The Bertz CT molecular complexity index is 554. The molecule has 2 bridgehead atoms. The Kier molecular flexibility index (Phi) is 2.89. The van der Waals surface area contributed by atoms with Crippen LogP contribution in [0.5, 0.6) is 11.5 Å². The standard InChI is InChI=1S/C14H16N2O3/c17-10-3-4-13(18)11(7-10)14(19)16-15-12-6-8-1-2-9(12)5-8/h3-4,7-9,17-18H,1-2,5-6H2,(H,16,19). The van der Waals surface area contributed by atoms with Crippen molar-refractivity contribution >= 4 is 11.6 Å². The molecule has 2 aliphatic carbocycles. The lowest BCUT2D eigenvalue weighted by molar-refractivity contribution is 0.0951. The number of nitrogens with zero attached hydrogens (tertiary/aromatic N) is 1. The number of nitrogens with one attached hydrogen (secondary N) is 1. The van der Waals surface area contributed by atoms with Crippen molar-refractivity contribution in [2.24, 2.45) is 16.9 Å². The van der Waals surface area contributed by atoms with Crippen LogP contribution in [0.2, 0.25) is 0 Å². The molecule has 0 heterocycles. The summed E-state index contributed by atoms with van der Waals surface area (Å²) in [5.74, 6) is 0.528. The number of benzene rings is 1. The van der Waals surface area contributed by atoms with Crippen molar-refractivity contribution in [3.8, 4) is 11.5 Å². The number of hydrogen-bond donors (Lipinski definition) is 3. The smallest absolute Gasteiger partial charge is 0.275 e. The first-order chi connectivity index (χ1) is 9.13. The van der Waals surface area contributed by atoms with E-state index in [1.807, 2.05) is 0 Å². The van der Waals surface area contributed by atoms with Gasteiger partial charge in [-0.25, -0.2) is 5.43 Å². The van der Waals surface area contributed by atoms with Crippen LogP contribution in [0.4, 0.5) is 0 Å². The molecule has 2 fully saturated rings. The van der Waals surface area contributed by atoms with E-state index in [-0.39, 0.29) is 17.1 Å². The number of aromatic hydroxyl groups is 2. The summed E-state index contributed by atoms with van der Waals surface area (Å²) in [4.78, 5) is 11.9. The lowest BCUT2D eigenvalue weighted by Gasteiger charge is -2.12. The highest BCUT2D eigenvalue weighted by atomic mass is 16.3. The summed E-state index contributed by atoms with van der Waals surface area (Å²) in [7, 11) is 0. The molecule has 3 N–H and O–H groups in total. The maximum Gasteiger partial charge on any atom is 0.275 e. The molecule has 3 rings (SSSR count). The Morgan fingerprint density at radius 3 is 2.84 bits per heavy atom. The number of phenolic OH excluding ortho intramolecular Hbond substituents is 2. The van der Waals surface area contributed by atoms with Gasteiger partial charge in [0.15, 0.2) is 0 Å². The summed E-state index contributed by atoms with van der Waals surface area (Å²) in [5.41, 5.74) is 3.57. The van der Waals surface area contributed by atoms with Crippen molar-refractivity contribution in [1.82, 2.24) is 5.43 Å². The van der Waals surface area contributed by atoms with Gasteiger partial charge in [-0.15, -0.1) is 0 Å². The summed E-state index contributed by atoms with van der Waals surface area (Å²) in [6.07, 6.45) is 4.59. The number of phenols is 2. The monoisotopic (exact) mass is 260 g/mol. The first-order valence-corrected chi connectivity index (χ1v) is 6.52. The van der Waals surface area contributed by atoms with E-state index < -0.39 is 5.91 Å². The molecule has 2 aliphatic rings. The SMILES string of the molecule is O=C(NN=C1CC2CCC1C2)c1cc(O)ccc1O. The summed E-state index contributed by atoms with van der Waals surface area (Å²) in [5, 5.41) is 23.1. The van der Waals surface area contributed by atoms with Crippen molar-refractivity contribution in [3.05, 3.63) is 23.8 Å². The minimum atomic E-state index is -0.497. The van der Waals surface area contributed by atoms with Gasteiger partial charge < -0.3 is 10.2 Å². The maximum absolute atomic E-state index is 11.9. The zero-order valence-electron chi connectivity index (χ0n) is 10.5. The van der Waals surface area contributed by atoms with Crippen molar-refractivity contribution < 1.29 is 15.0 Å². The molecule has 1 aromatic carbocycles. The van der Waals surface area contributed by atoms with E-state index in [4.69, 9.17) is 0 Å². The summed E-state index contributed by atoms with van der Waals surface area (Å²) < 4.78 is 0. The number of hydrogen-bond acceptors (Lipinski definition) is 4. The predicted molar refractivity (Wildman–Crippen MR) is 70.1 cm³/mol. The van der Waals surface area contributed by atoms with Gasteiger partial charge in [0.2, 0.25) is 0 Å². The van der Waals surface area contributed by atoms with E-state index in [1.54, 1.807) is 0 Å². The van der Waals surface area contributed by atoms with Gasteiger partial charge >= 0.3 is 0 Å². The average molecular weight is 260 g/mol. The molecule has 0 aromatic heterocycles. The van der Waals surface area contributed by atoms with Crippen molar-refractivity contribution in [2.45, 2.75) is 25.7 Å². The summed E-state index contributed by atoms with van der Waals surface area (Å²) in [6.45, 7) is 0. The van der Waals surface area contributed by atoms with Crippen LogP contribution in [0.3, 0.4) is 0 Å². The maximum atomic E-state index is 11.9. The third kappa shape index (κ3) is 2.28. The molecule has 5 nitrogen and oxygen atoms in total. The number of carbonyl (C=O) groups is 1. The van der Waals surface area contributed by atoms with E-state index >= 15 is 0 Å². The minimum Gasteiger partial charge on any atom is -0.508 e. The Balaban J connectivity index is 1.72. The molecule has 2 unspecified atom stereocenters. The highest BCUT2D eigenvalue weighted by Gasteiger charge is 2.36. The number of carbonyl (C=O) groups excluding carboxylic acids is 1. The quantitative estimate of drug-likeness (QED) is 0.562. The highest BCUT2D eigenvalue weighted by Crippen LogP contribution is 2.42. The van der Waals surface area contributed by atoms with Crippen LogP contribution < -0.4 is 5.43 Å². The van der Waals surface area contributed by atoms with Gasteiger partial charge in [0.25, 0.3) is 5.91 Å². The van der Waals surface area contributed by atoms with Crippen LogP contribution in [0.15, 0.2) is 23.3 Å². The molecule has 0 saturated heterocycles. The number of hydrazone groups is 1. The van der Waals surface area contributed by atoms with Crippen LogP contribution in [-0.2, 0) is 0 Å². The third-order valence-electron chi connectivity index (χ3n) is 4.04. The fraction of sp³-hybridized carbons (Fsp3) is 0.429. The summed E-state index contributed by atoms with van der Waals surface area (Å²) >= 11 is 0. The van der Waals surface area contributed by atoms with Gasteiger partial charge in [-0.05, 0) is 55.7 Å². The number of rotatable bonds is 2. The van der Waals surface area contributed by atoms with Crippen LogP contribution in [0, 0.1) is 11.8 Å². The largest absolute Gasteiger partial charge is 0.508 e. The van der Waals surface area contributed by atoms with Gasteiger partial charge in [-0.2, -0.15) is 5.10 Å². The van der Waals surface area contributed by atoms with Crippen molar-refractivity contribution in [1.29, 1.82) is 0 Å². The van der Waals surface area contributed by atoms with Crippen LogP contribution in [0.1, 0.15) is 36.0 Å². The molecule has 0 spiro atoms. The Morgan fingerprint density at radius 1 is 1.32 bits per heavy atom. The zero-order chi connectivity index (χ0) is 13.4. The fourth-order valence-electron chi connectivity index (χ4n) is 3.05. The topological polar surface area (TPSA) is 81.9 Å². The zero-order valence-corrected chi connectivity index (χ0v) is 10.5. The lowest BCUT2D eigenvalue weighted by atomic mass is 9.99. The van der Waals surface area contributed by atoms with Crippen LogP contribution >= 0.6 is 0 Å². The third-order valence-corrected chi connectivity index (χ3v) is 4.04. The number of amides is 1. The van der Waals surface area contributed by atoms with Crippen molar-refractivity contribution in [2.75, 3.05) is 0 Å². The molecule has 19 heavy (non-hydrogen) atoms. The van der Waals surface area contributed by atoms with E-state index in [2.05, 4.69) is 10.5 Å². The van der Waals surface area contributed by atoms with E-state index in [0.717, 1.165) is 24.5 Å². The molecule has 5 heteroatoms. The van der Waals surface area contributed by atoms with E-state index in [1.165, 1.54) is 31.0 Å². The molecule has 0 aliphatic heterocycles. The molecule has 2 atom stereocenters. The Morgan fingerprint density at radius 2 is 2.16 bits per heavy atom. The van der Waals surface area contributed by atoms with Gasteiger partial charge in [0, 0.05) is 5.71 Å². The molecule has 100 valence electrons. The fourth-order valence-corrected chi connectivity index (χ4v) is 3.05. The highest BCUT2D eigenvalue weighted by molar-refractivity contribution is 5.98. The minimum absolute atomic E-state index is 0.0347. The second-order valence-electron chi connectivity index (χ2n) is 5.33. The second-order valence-corrected chi connectivity index (χ2v) is 5.33. The first-order valence-electron chi connectivity index (χ1n) is 6.52. The predicted octanol–water partition coefficient (Wildman–Crippen LogP) is 2.00. The first kappa shape index (κ1) is 12.0. The van der Waals surface area contributed by atoms with Gasteiger partial charge in [0.1, 0.15) is 11.5 Å². The van der Waals surface area contributed by atoms with Gasteiger partial charge in [-0.1, -0.05) is 0 Å². The Labute approximate surface area is 111 Å². The normalized spacial score (nSPS) is 26.8. The van der Waals surface area contributed by atoms with E-state index in [0.29, 0.717) is 5.92 Å². The van der Waals surface area contributed by atoms with Gasteiger partial charge in [-0.3, -0.25) is 4.79 Å². The van der Waals surface area contributed by atoms with Gasteiger partial charge in [0.05, 0.1) is 5.56 Å². The Hall–Kier alpha value is -2.04. The molecule has 2 saturated carbocycles. The number of fused-ring (bicyclic) bond motifs is 2. The van der Waals surface area contributed by atoms with Crippen LogP contribution in [-0.4, -0.2) is 21.8 Å². The lowest BCUT2D eigenvalue weighted by Crippen LogP contribution is -2.22.